The van der Waals surface area contributed by atoms with Gasteiger partial charge >= 0.3 is 0 Å². The maximum atomic E-state index is 12.1. The molecule has 0 fully saturated rings. The number of hydrogen-bond donors (Lipinski definition) is 2. The van der Waals surface area contributed by atoms with Crippen LogP contribution in [0.3, 0.4) is 0 Å². The molecule has 0 radical (unpaired) electrons. The highest BCUT2D eigenvalue weighted by molar-refractivity contribution is 7.22. The van der Waals surface area contributed by atoms with E-state index in [2.05, 4.69) is 15.6 Å². The van der Waals surface area contributed by atoms with E-state index in [9.17, 15) is 9.59 Å². The Morgan fingerprint density at radius 2 is 1.81 bits per heavy atom. The summed E-state index contributed by atoms with van der Waals surface area (Å²) in [6, 6.07) is 12.4. The van der Waals surface area contributed by atoms with Crippen LogP contribution in [0, 0.1) is 0 Å². The van der Waals surface area contributed by atoms with E-state index in [4.69, 9.17) is 9.47 Å². The van der Waals surface area contributed by atoms with E-state index in [0.717, 1.165) is 10.2 Å². The second-order valence-corrected chi connectivity index (χ2v) is 6.61. The second-order valence-electron chi connectivity index (χ2n) is 5.58. The lowest BCUT2D eigenvalue weighted by molar-refractivity contribution is -0.115. The number of amides is 2. The zero-order valence-electron chi connectivity index (χ0n) is 13.7. The summed E-state index contributed by atoms with van der Waals surface area (Å²) in [5.74, 6) is 0.695. The Kier molecular flexibility index (Phi) is 4.40. The van der Waals surface area contributed by atoms with E-state index < -0.39 is 0 Å². The smallest absolute Gasteiger partial charge is 0.251 e. The van der Waals surface area contributed by atoms with E-state index in [1.54, 1.807) is 30.3 Å². The predicted molar refractivity (Wildman–Crippen MR) is 98.0 cm³/mol. The number of nitrogens with zero attached hydrogens (tertiary/aromatic N) is 1. The van der Waals surface area contributed by atoms with Crippen LogP contribution in [-0.4, -0.2) is 36.6 Å². The molecule has 8 heteroatoms. The zero-order chi connectivity index (χ0) is 17.9. The van der Waals surface area contributed by atoms with Crippen LogP contribution in [0.2, 0.25) is 0 Å². The minimum atomic E-state index is -0.342. The summed E-state index contributed by atoms with van der Waals surface area (Å²) >= 11 is 1.34. The van der Waals surface area contributed by atoms with Gasteiger partial charge in [0.15, 0.2) is 16.6 Å². The summed E-state index contributed by atoms with van der Waals surface area (Å²) in [6.07, 6.45) is 0. The third kappa shape index (κ3) is 3.45. The summed E-state index contributed by atoms with van der Waals surface area (Å²) < 4.78 is 12.0. The van der Waals surface area contributed by atoms with Crippen molar-refractivity contribution in [2.24, 2.45) is 0 Å². The number of ether oxygens (including phenoxy) is 2. The Balaban J connectivity index is 1.40. The highest BCUT2D eigenvalue weighted by Gasteiger charge is 2.16. The monoisotopic (exact) mass is 369 g/mol. The van der Waals surface area contributed by atoms with Gasteiger partial charge in [0.2, 0.25) is 5.91 Å². The molecule has 0 aliphatic carbocycles. The molecule has 0 saturated carbocycles. The van der Waals surface area contributed by atoms with Gasteiger partial charge in [0.1, 0.15) is 13.2 Å². The maximum absolute atomic E-state index is 12.1. The molecule has 0 bridgehead atoms. The largest absolute Gasteiger partial charge is 0.486 e. The standard InChI is InChI=1S/C18H15N3O4S/c22-16(10-19-17(23)11-4-2-1-3-5-11)21-18-20-12-8-13-14(9-15(12)26-18)25-7-6-24-13/h1-5,8-9H,6-7,10H2,(H,19,23)(H,20,21,22). The third-order valence-corrected chi connectivity index (χ3v) is 4.68. The molecule has 26 heavy (non-hydrogen) atoms. The lowest BCUT2D eigenvalue weighted by Gasteiger charge is -2.17. The van der Waals surface area contributed by atoms with E-state index in [1.807, 2.05) is 12.1 Å². The first kappa shape index (κ1) is 16.3. The molecule has 1 aliphatic rings. The first-order chi connectivity index (χ1) is 12.7. The van der Waals surface area contributed by atoms with Gasteiger partial charge in [-0.2, -0.15) is 0 Å². The molecule has 7 nitrogen and oxygen atoms in total. The Bertz CT molecular complexity index is 928. The van der Waals surface area contributed by atoms with Crippen molar-refractivity contribution in [1.82, 2.24) is 10.3 Å². The van der Waals surface area contributed by atoms with Crippen molar-refractivity contribution in [3.8, 4) is 11.5 Å². The fourth-order valence-corrected chi connectivity index (χ4v) is 3.43. The highest BCUT2D eigenvalue weighted by Crippen LogP contribution is 2.37. The summed E-state index contributed by atoms with van der Waals surface area (Å²) in [6.45, 7) is 0.891. The second kappa shape index (κ2) is 7.01. The molecule has 2 N–H and O–H groups in total. The number of anilines is 1. The fourth-order valence-electron chi connectivity index (χ4n) is 2.53. The average Bonchev–Trinajstić information content (AvgIpc) is 3.05. The minimum absolute atomic E-state index is 0.133. The van der Waals surface area contributed by atoms with Crippen LogP contribution in [-0.2, 0) is 4.79 Å². The molecular formula is C18H15N3O4S. The molecule has 1 aromatic heterocycles. The number of aromatic nitrogens is 1. The number of nitrogens with one attached hydrogen (secondary N) is 2. The van der Waals surface area contributed by atoms with Gasteiger partial charge in [0.05, 0.1) is 16.8 Å². The molecule has 2 aromatic carbocycles. The van der Waals surface area contributed by atoms with Crippen LogP contribution >= 0.6 is 11.3 Å². The molecule has 2 heterocycles. The number of rotatable bonds is 4. The molecule has 0 unspecified atom stereocenters. The molecule has 3 aromatic rings. The van der Waals surface area contributed by atoms with Gasteiger partial charge in [-0.15, -0.1) is 0 Å². The number of fused-ring (bicyclic) bond motifs is 2. The Morgan fingerprint density at radius 1 is 1.08 bits per heavy atom. The zero-order valence-corrected chi connectivity index (χ0v) is 14.5. The molecule has 2 amide bonds. The lowest BCUT2D eigenvalue weighted by atomic mass is 10.2. The van der Waals surface area contributed by atoms with Gasteiger partial charge in [-0.05, 0) is 12.1 Å². The molecule has 132 valence electrons. The van der Waals surface area contributed by atoms with Crippen molar-refractivity contribution in [2.75, 3.05) is 25.1 Å². The van der Waals surface area contributed by atoms with E-state index in [1.165, 1.54) is 11.3 Å². The quantitative estimate of drug-likeness (QED) is 0.737. The minimum Gasteiger partial charge on any atom is -0.486 e. The van der Waals surface area contributed by atoms with Gasteiger partial charge in [-0.3, -0.25) is 9.59 Å². The molecule has 1 aliphatic heterocycles. The van der Waals surface area contributed by atoms with Crippen LogP contribution in [0.15, 0.2) is 42.5 Å². The van der Waals surface area contributed by atoms with Gasteiger partial charge in [0.25, 0.3) is 5.91 Å². The summed E-state index contributed by atoms with van der Waals surface area (Å²) in [4.78, 5) is 28.4. The van der Waals surface area contributed by atoms with E-state index in [0.29, 0.717) is 35.4 Å². The van der Waals surface area contributed by atoms with Crippen LogP contribution in [0.1, 0.15) is 10.4 Å². The van der Waals surface area contributed by atoms with Gasteiger partial charge in [-0.1, -0.05) is 29.5 Å². The van der Waals surface area contributed by atoms with E-state index >= 15 is 0 Å². The SMILES string of the molecule is O=C(CNC(=O)c1ccccc1)Nc1nc2cc3c(cc2s1)OCCO3. The highest BCUT2D eigenvalue weighted by atomic mass is 32.1. The van der Waals surface area contributed by atoms with Crippen molar-refractivity contribution < 1.29 is 19.1 Å². The topological polar surface area (TPSA) is 89.6 Å². The molecule has 4 rings (SSSR count). The average molecular weight is 369 g/mol. The van der Waals surface area contributed by atoms with Crippen LogP contribution in [0.4, 0.5) is 5.13 Å². The summed E-state index contributed by atoms with van der Waals surface area (Å²) in [5.41, 5.74) is 1.23. The Labute approximate surface area is 152 Å². The molecule has 0 saturated heterocycles. The van der Waals surface area contributed by atoms with Crippen molar-refractivity contribution in [3.05, 3.63) is 48.0 Å². The van der Waals surface area contributed by atoms with Gasteiger partial charge < -0.3 is 20.1 Å². The van der Waals surface area contributed by atoms with Gasteiger partial charge in [-0.25, -0.2) is 4.98 Å². The van der Waals surface area contributed by atoms with Crippen LogP contribution in [0.5, 0.6) is 11.5 Å². The number of benzene rings is 2. The molecule has 0 atom stereocenters. The third-order valence-electron chi connectivity index (χ3n) is 3.74. The van der Waals surface area contributed by atoms with Crippen molar-refractivity contribution in [2.45, 2.75) is 0 Å². The van der Waals surface area contributed by atoms with Crippen molar-refractivity contribution in [1.29, 1.82) is 0 Å². The van der Waals surface area contributed by atoms with Crippen molar-refractivity contribution >= 4 is 38.5 Å². The maximum Gasteiger partial charge on any atom is 0.251 e. The number of carbonyl (C=O) groups is 2. The van der Waals surface area contributed by atoms with Crippen molar-refractivity contribution in [3.63, 3.8) is 0 Å². The Morgan fingerprint density at radius 3 is 2.58 bits per heavy atom. The Hall–Kier alpha value is -3.13. The predicted octanol–water partition coefficient (Wildman–Crippen LogP) is 2.44. The van der Waals surface area contributed by atoms with Gasteiger partial charge in [0, 0.05) is 17.7 Å². The molecular weight excluding hydrogens is 354 g/mol. The summed E-state index contributed by atoms with van der Waals surface area (Å²) in [5, 5.41) is 5.74. The summed E-state index contributed by atoms with van der Waals surface area (Å²) in [7, 11) is 0. The first-order valence-corrected chi connectivity index (χ1v) is 8.84. The lowest BCUT2D eigenvalue weighted by Crippen LogP contribution is -2.32. The first-order valence-electron chi connectivity index (χ1n) is 8.02. The number of thiazole rings is 1. The number of carbonyl (C=O) groups excluding carboxylic acids is 2. The number of hydrogen-bond acceptors (Lipinski definition) is 6. The fraction of sp³-hybridized carbons (Fsp3) is 0.167. The van der Waals surface area contributed by atoms with Crippen LogP contribution in [0.25, 0.3) is 10.2 Å². The molecule has 0 spiro atoms. The van der Waals surface area contributed by atoms with E-state index in [-0.39, 0.29) is 18.4 Å². The normalized spacial score (nSPS) is 12.6. The van der Waals surface area contributed by atoms with Crippen LogP contribution < -0.4 is 20.1 Å².